The van der Waals surface area contributed by atoms with Gasteiger partial charge in [0, 0.05) is 16.5 Å². The fourth-order valence-corrected chi connectivity index (χ4v) is 2.82. The number of nitrogens with one attached hydrogen (secondary N) is 1. The Kier molecular flexibility index (Phi) is 4.52. The van der Waals surface area contributed by atoms with Gasteiger partial charge in [-0.1, -0.05) is 11.6 Å². The molecule has 0 unspecified atom stereocenters. The van der Waals surface area contributed by atoms with Crippen molar-refractivity contribution in [1.82, 2.24) is 10.4 Å². The quantitative estimate of drug-likeness (QED) is 0.424. The summed E-state index contributed by atoms with van der Waals surface area (Å²) >= 11 is 6.20. The minimum atomic E-state index is -0.379. The first-order valence-electron chi connectivity index (χ1n) is 8.01. The van der Waals surface area contributed by atoms with Crippen molar-refractivity contribution in [2.45, 2.75) is 0 Å². The topological polar surface area (TPSA) is 82.0 Å². The molecule has 0 spiro atoms. The molecule has 4 rings (SSSR count). The van der Waals surface area contributed by atoms with Crippen molar-refractivity contribution in [3.8, 4) is 17.2 Å². The summed E-state index contributed by atoms with van der Waals surface area (Å²) in [6.07, 6.45) is 1.44. The number of hydrazone groups is 1. The van der Waals surface area contributed by atoms with E-state index in [1.54, 1.807) is 25.3 Å². The molecule has 0 saturated heterocycles. The molecule has 1 N–H and O–H groups in total. The average molecular weight is 384 g/mol. The Morgan fingerprint density at radius 3 is 2.93 bits per heavy atom. The minimum absolute atomic E-state index is 0.150. The minimum Gasteiger partial charge on any atom is -0.497 e. The zero-order valence-corrected chi connectivity index (χ0v) is 15.0. The number of pyridine rings is 1. The number of ether oxygens (including phenoxy) is 3. The number of fused-ring (bicyclic) bond motifs is 2. The molecule has 27 heavy (non-hydrogen) atoms. The van der Waals surface area contributed by atoms with Gasteiger partial charge in [0.25, 0.3) is 5.91 Å². The van der Waals surface area contributed by atoms with Crippen molar-refractivity contribution in [2.75, 3.05) is 13.9 Å². The second-order valence-corrected chi connectivity index (χ2v) is 6.05. The van der Waals surface area contributed by atoms with Crippen molar-refractivity contribution < 1.29 is 19.0 Å². The molecule has 0 atom stereocenters. The summed E-state index contributed by atoms with van der Waals surface area (Å²) in [6, 6.07) is 12.2. The van der Waals surface area contributed by atoms with Gasteiger partial charge < -0.3 is 14.2 Å². The average Bonchev–Trinajstić information content (AvgIpc) is 3.15. The van der Waals surface area contributed by atoms with Crippen LogP contribution in [0.1, 0.15) is 15.9 Å². The first kappa shape index (κ1) is 17.1. The fraction of sp³-hybridized carbons (Fsp3) is 0.105. The molecule has 0 bridgehead atoms. The van der Waals surface area contributed by atoms with Crippen molar-refractivity contribution in [1.29, 1.82) is 0 Å². The first-order valence-corrected chi connectivity index (χ1v) is 8.39. The molecule has 3 aromatic rings. The summed E-state index contributed by atoms with van der Waals surface area (Å²) in [5, 5.41) is 5.10. The third kappa shape index (κ3) is 3.50. The molecule has 1 aromatic heterocycles. The van der Waals surface area contributed by atoms with Crippen molar-refractivity contribution >= 4 is 34.6 Å². The van der Waals surface area contributed by atoms with Gasteiger partial charge in [-0.15, -0.1) is 0 Å². The Morgan fingerprint density at radius 1 is 1.22 bits per heavy atom. The highest BCUT2D eigenvalue weighted by atomic mass is 35.5. The van der Waals surface area contributed by atoms with Crippen LogP contribution in [0.5, 0.6) is 17.2 Å². The molecule has 2 aromatic carbocycles. The number of nitrogens with zero attached hydrogens (tertiary/aromatic N) is 2. The Labute approximate surface area is 159 Å². The van der Waals surface area contributed by atoms with E-state index in [1.807, 2.05) is 24.3 Å². The molecule has 1 aliphatic rings. The van der Waals surface area contributed by atoms with Crippen LogP contribution >= 0.6 is 11.6 Å². The van der Waals surface area contributed by atoms with Crippen LogP contribution in [0, 0.1) is 0 Å². The van der Waals surface area contributed by atoms with Crippen LogP contribution in [0.25, 0.3) is 10.9 Å². The molecule has 0 radical (unpaired) electrons. The van der Waals surface area contributed by atoms with E-state index in [0.29, 0.717) is 28.4 Å². The maximum absolute atomic E-state index is 12.2. The lowest BCUT2D eigenvalue weighted by atomic mass is 10.1. The highest BCUT2D eigenvalue weighted by Gasteiger charge is 2.16. The summed E-state index contributed by atoms with van der Waals surface area (Å²) in [7, 11) is 1.60. The second kappa shape index (κ2) is 7.13. The van der Waals surface area contributed by atoms with Gasteiger partial charge in [-0.25, -0.2) is 10.4 Å². The van der Waals surface area contributed by atoms with Crippen molar-refractivity contribution in [3.63, 3.8) is 0 Å². The van der Waals surface area contributed by atoms with Crippen LogP contribution in [0.3, 0.4) is 0 Å². The Bertz CT molecular complexity index is 1070. The first-order chi connectivity index (χ1) is 13.1. The van der Waals surface area contributed by atoms with E-state index < -0.39 is 0 Å². The SMILES string of the molecule is COc1ccc2nc(Cl)c(/C=N\NC(=O)c3ccc4c(c3)OCO4)cc2c1. The molecule has 1 amide bonds. The number of rotatable bonds is 4. The number of benzene rings is 2. The van der Waals surface area contributed by atoms with E-state index in [0.717, 1.165) is 10.9 Å². The van der Waals surface area contributed by atoms with E-state index in [9.17, 15) is 4.79 Å². The van der Waals surface area contributed by atoms with Gasteiger partial charge in [-0.3, -0.25) is 4.79 Å². The molecule has 7 nitrogen and oxygen atoms in total. The van der Waals surface area contributed by atoms with Gasteiger partial charge >= 0.3 is 0 Å². The zero-order valence-electron chi connectivity index (χ0n) is 14.2. The summed E-state index contributed by atoms with van der Waals surface area (Å²) in [5.41, 5.74) is 4.18. The summed E-state index contributed by atoms with van der Waals surface area (Å²) in [4.78, 5) is 16.6. The summed E-state index contributed by atoms with van der Waals surface area (Å²) in [6.45, 7) is 0.150. The second-order valence-electron chi connectivity index (χ2n) is 5.69. The zero-order chi connectivity index (χ0) is 18.8. The molecular weight excluding hydrogens is 370 g/mol. The number of carbonyl (C=O) groups excluding carboxylic acids is 1. The standard InChI is InChI=1S/C19H14ClN3O4/c1-25-14-3-4-15-12(7-14)6-13(18(20)22-15)9-21-23-19(24)11-2-5-16-17(8-11)27-10-26-16/h2-9H,10H2,1H3,(H,23,24)/b21-9-. The van der Waals surface area contributed by atoms with Crippen molar-refractivity contribution in [2.24, 2.45) is 5.10 Å². The van der Waals surface area contributed by atoms with E-state index >= 15 is 0 Å². The molecule has 0 saturated carbocycles. The van der Waals surface area contributed by atoms with E-state index in [1.165, 1.54) is 6.21 Å². The molecule has 8 heteroatoms. The van der Waals surface area contributed by atoms with Crippen LogP contribution < -0.4 is 19.6 Å². The lowest BCUT2D eigenvalue weighted by Gasteiger charge is -2.05. The highest BCUT2D eigenvalue weighted by molar-refractivity contribution is 6.32. The molecule has 136 valence electrons. The number of halogens is 1. The smallest absolute Gasteiger partial charge is 0.271 e. The number of methoxy groups -OCH3 is 1. The van der Waals surface area contributed by atoms with E-state index in [2.05, 4.69) is 15.5 Å². The Morgan fingerprint density at radius 2 is 2.07 bits per heavy atom. The van der Waals surface area contributed by atoms with Crippen LogP contribution in [-0.2, 0) is 0 Å². The van der Waals surface area contributed by atoms with Crippen LogP contribution in [0.15, 0.2) is 47.6 Å². The molecule has 0 fully saturated rings. The van der Waals surface area contributed by atoms with Gasteiger partial charge in [-0.05, 0) is 42.5 Å². The monoisotopic (exact) mass is 383 g/mol. The number of hydrogen-bond donors (Lipinski definition) is 1. The lowest BCUT2D eigenvalue weighted by Crippen LogP contribution is -2.17. The maximum atomic E-state index is 12.2. The fourth-order valence-electron chi connectivity index (χ4n) is 2.63. The Hall–Kier alpha value is -3.32. The predicted octanol–water partition coefficient (Wildman–Crippen LogP) is 3.39. The van der Waals surface area contributed by atoms with E-state index in [-0.39, 0.29) is 17.9 Å². The molecule has 1 aliphatic heterocycles. The van der Waals surface area contributed by atoms with E-state index in [4.69, 9.17) is 25.8 Å². The Balaban J connectivity index is 1.52. The normalized spacial score (nSPS) is 12.5. The van der Waals surface area contributed by atoms with Gasteiger partial charge in [0.1, 0.15) is 10.9 Å². The number of aromatic nitrogens is 1. The number of carbonyl (C=O) groups is 1. The van der Waals surface area contributed by atoms with Crippen molar-refractivity contribution in [3.05, 3.63) is 58.7 Å². The van der Waals surface area contributed by atoms with Crippen LogP contribution in [0.2, 0.25) is 5.15 Å². The molecule has 0 aliphatic carbocycles. The summed E-state index contributed by atoms with van der Waals surface area (Å²) in [5.74, 6) is 1.48. The molecular formula is C19H14ClN3O4. The van der Waals surface area contributed by atoms with Gasteiger partial charge in [0.2, 0.25) is 6.79 Å². The largest absolute Gasteiger partial charge is 0.497 e. The van der Waals surface area contributed by atoms with Gasteiger partial charge in [0.05, 0.1) is 18.8 Å². The highest BCUT2D eigenvalue weighted by Crippen LogP contribution is 2.32. The van der Waals surface area contributed by atoms with Gasteiger partial charge in [-0.2, -0.15) is 5.10 Å². The van der Waals surface area contributed by atoms with Crippen LogP contribution in [0.4, 0.5) is 0 Å². The maximum Gasteiger partial charge on any atom is 0.271 e. The number of hydrogen-bond acceptors (Lipinski definition) is 6. The lowest BCUT2D eigenvalue weighted by molar-refractivity contribution is 0.0954. The summed E-state index contributed by atoms with van der Waals surface area (Å²) < 4.78 is 15.7. The van der Waals surface area contributed by atoms with Crippen LogP contribution in [-0.4, -0.2) is 31.0 Å². The predicted molar refractivity (Wildman–Crippen MR) is 101 cm³/mol. The number of amides is 1. The third-order valence-corrected chi connectivity index (χ3v) is 4.31. The molecule has 2 heterocycles. The van der Waals surface area contributed by atoms with Gasteiger partial charge in [0.15, 0.2) is 11.5 Å². The third-order valence-electron chi connectivity index (χ3n) is 4.01.